The van der Waals surface area contributed by atoms with Crippen LogP contribution in [0, 0.1) is 6.92 Å². The van der Waals surface area contributed by atoms with Gasteiger partial charge < -0.3 is 16.0 Å². The molecule has 1 atom stereocenters. The monoisotopic (exact) mass is 389 g/mol. The Bertz CT molecular complexity index is 1140. The van der Waals surface area contributed by atoms with Crippen molar-refractivity contribution < 1.29 is 9.59 Å². The molecule has 1 aromatic heterocycles. The highest BCUT2D eigenvalue weighted by Gasteiger charge is 2.34. The molecule has 2 aromatic carbocycles. The number of para-hydroxylation sites is 1. The number of hydrogen-bond acceptors (Lipinski definition) is 5. The van der Waals surface area contributed by atoms with Crippen LogP contribution in [0.15, 0.2) is 59.4 Å². The summed E-state index contributed by atoms with van der Waals surface area (Å²) in [5.41, 5.74) is 1.99. The topological polar surface area (TPSA) is 116 Å². The first kappa shape index (κ1) is 18.4. The van der Waals surface area contributed by atoms with Crippen molar-refractivity contribution in [1.82, 2.24) is 9.97 Å². The maximum atomic E-state index is 12.8. The lowest BCUT2D eigenvalue weighted by Gasteiger charge is -2.23. The van der Waals surface area contributed by atoms with E-state index in [0.29, 0.717) is 5.69 Å². The number of fused-ring (bicyclic) bond motifs is 1. The number of aromatic amines is 1. The summed E-state index contributed by atoms with van der Waals surface area (Å²) < 4.78 is 0. The van der Waals surface area contributed by atoms with Gasteiger partial charge in [-0.3, -0.25) is 19.4 Å². The van der Waals surface area contributed by atoms with Crippen LogP contribution >= 0.6 is 0 Å². The van der Waals surface area contributed by atoms with Crippen LogP contribution in [0.4, 0.5) is 23.1 Å². The Morgan fingerprint density at radius 3 is 2.59 bits per heavy atom. The summed E-state index contributed by atoms with van der Waals surface area (Å²) in [6.07, 6.45) is -0.124. The smallest absolute Gasteiger partial charge is 0.258 e. The van der Waals surface area contributed by atoms with Crippen LogP contribution in [0.2, 0.25) is 0 Å². The fourth-order valence-corrected chi connectivity index (χ4v) is 3.26. The molecule has 0 bridgehead atoms. The molecule has 0 radical (unpaired) electrons. The van der Waals surface area contributed by atoms with Gasteiger partial charge in [0.1, 0.15) is 5.82 Å². The Balaban J connectivity index is 1.64. The number of aryl methyl sites for hydroxylation is 1. The molecule has 8 heteroatoms. The third-order valence-electron chi connectivity index (χ3n) is 4.59. The molecule has 1 aliphatic heterocycles. The van der Waals surface area contributed by atoms with Crippen LogP contribution in [0.25, 0.3) is 0 Å². The molecule has 2 amide bonds. The molecule has 0 spiro atoms. The predicted molar refractivity (Wildman–Crippen MR) is 110 cm³/mol. The summed E-state index contributed by atoms with van der Waals surface area (Å²) >= 11 is 0. The quantitative estimate of drug-likeness (QED) is 0.548. The van der Waals surface area contributed by atoms with Crippen molar-refractivity contribution in [3.8, 4) is 0 Å². The third kappa shape index (κ3) is 4.01. The van der Waals surface area contributed by atoms with E-state index < -0.39 is 17.4 Å². The Morgan fingerprint density at radius 1 is 1.07 bits per heavy atom. The lowest BCUT2D eigenvalue weighted by atomic mass is 9.92. The second-order valence-corrected chi connectivity index (χ2v) is 6.83. The molecule has 29 heavy (non-hydrogen) atoms. The molecule has 8 nitrogen and oxygen atoms in total. The molecule has 2 heterocycles. The van der Waals surface area contributed by atoms with Gasteiger partial charge in [0, 0.05) is 17.8 Å². The summed E-state index contributed by atoms with van der Waals surface area (Å²) in [6, 6.07) is 16.5. The molecule has 4 N–H and O–H groups in total. The molecular formula is C21H19N5O3. The summed E-state index contributed by atoms with van der Waals surface area (Å²) in [5.74, 6) is -1.46. The van der Waals surface area contributed by atoms with Crippen LogP contribution in [-0.2, 0) is 9.59 Å². The first-order valence-corrected chi connectivity index (χ1v) is 9.13. The van der Waals surface area contributed by atoms with Crippen LogP contribution in [-0.4, -0.2) is 21.8 Å². The molecule has 4 rings (SSSR count). The van der Waals surface area contributed by atoms with Gasteiger partial charge in [0.25, 0.3) is 5.56 Å². The van der Waals surface area contributed by atoms with Crippen molar-refractivity contribution in [1.29, 1.82) is 0 Å². The average molecular weight is 389 g/mol. The summed E-state index contributed by atoms with van der Waals surface area (Å²) in [4.78, 5) is 44.7. The van der Waals surface area contributed by atoms with Crippen molar-refractivity contribution in [2.24, 2.45) is 0 Å². The lowest BCUT2D eigenvalue weighted by molar-refractivity contribution is -0.123. The number of carbonyl (C=O) groups excluding carboxylic acids is 2. The summed E-state index contributed by atoms with van der Waals surface area (Å²) in [5, 5.41) is 8.36. The fourth-order valence-electron chi connectivity index (χ4n) is 3.26. The molecule has 0 fully saturated rings. The number of carbonyl (C=O) groups is 2. The molecule has 0 saturated heterocycles. The Labute approximate surface area is 166 Å². The molecule has 3 aromatic rings. The maximum Gasteiger partial charge on any atom is 0.258 e. The van der Waals surface area contributed by atoms with Gasteiger partial charge in [0.05, 0.1) is 11.5 Å². The predicted octanol–water partition coefficient (Wildman–Crippen LogP) is 2.89. The summed E-state index contributed by atoms with van der Waals surface area (Å²) in [6.45, 7) is 1.91. The number of nitrogens with zero attached hydrogens (tertiary/aromatic N) is 1. The Hall–Kier alpha value is -3.94. The highest BCUT2D eigenvalue weighted by atomic mass is 16.2. The van der Waals surface area contributed by atoms with Gasteiger partial charge in [-0.1, -0.05) is 30.3 Å². The maximum absolute atomic E-state index is 12.8. The highest BCUT2D eigenvalue weighted by molar-refractivity contribution is 6.04. The van der Waals surface area contributed by atoms with E-state index in [1.165, 1.54) is 0 Å². The van der Waals surface area contributed by atoms with E-state index in [0.717, 1.165) is 11.3 Å². The lowest BCUT2D eigenvalue weighted by Crippen LogP contribution is -2.36. The van der Waals surface area contributed by atoms with Gasteiger partial charge in [0.2, 0.25) is 17.8 Å². The zero-order valence-electron chi connectivity index (χ0n) is 15.7. The molecule has 1 unspecified atom stereocenters. The van der Waals surface area contributed by atoms with E-state index in [1.807, 2.05) is 55.5 Å². The minimum Gasteiger partial charge on any atom is -0.326 e. The first-order valence-electron chi connectivity index (χ1n) is 9.13. The van der Waals surface area contributed by atoms with Gasteiger partial charge in [-0.15, -0.1) is 0 Å². The van der Waals surface area contributed by atoms with E-state index >= 15 is 0 Å². The normalized spacial score (nSPS) is 15.2. The summed E-state index contributed by atoms with van der Waals surface area (Å²) in [7, 11) is 0. The molecular weight excluding hydrogens is 370 g/mol. The zero-order chi connectivity index (χ0) is 20.4. The molecule has 0 saturated carbocycles. The van der Waals surface area contributed by atoms with Gasteiger partial charge in [0.15, 0.2) is 0 Å². The first-order chi connectivity index (χ1) is 14.0. The molecule has 146 valence electrons. The number of aromatic nitrogens is 2. The fraction of sp³-hybridized carbons (Fsp3) is 0.143. The Kier molecular flexibility index (Phi) is 4.82. The van der Waals surface area contributed by atoms with Crippen molar-refractivity contribution in [2.75, 3.05) is 16.0 Å². The number of nitrogens with one attached hydrogen (secondary N) is 4. The number of amides is 2. The average Bonchev–Trinajstić information content (AvgIpc) is 2.67. The van der Waals surface area contributed by atoms with Crippen molar-refractivity contribution in [3.05, 3.63) is 76.1 Å². The van der Waals surface area contributed by atoms with Gasteiger partial charge in [-0.05, 0) is 36.8 Å². The van der Waals surface area contributed by atoms with E-state index in [-0.39, 0.29) is 29.7 Å². The second kappa shape index (κ2) is 7.59. The number of rotatable bonds is 4. The SMILES string of the molecule is Cc1cccc(NC(=O)C2CC(=O)Nc3nc(Nc4ccccc4)[nH]c(=O)c32)c1. The highest BCUT2D eigenvalue weighted by Crippen LogP contribution is 2.30. The van der Waals surface area contributed by atoms with E-state index in [4.69, 9.17) is 0 Å². The standard InChI is InChI=1S/C21H19N5O3/c1-12-6-5-9-14(10-12)22-19(28)15-11-16(27)24-18-17(15)20(29)26-21(25-18)23-13-7-3-2-4-8-13/h2-10,15H,11H2,1H3,(H,22,28)(H3,23,24,25,26,27,29). The van der Waals surface area contributed by atoms with Crippen LogP contribution in [0.1, 0.15) is 23.5 Å². The van der Waals surface area contributed by atoms with Crippen LogP contribution in [0.3, 0.4) is 0 Å². The van der Waals surface area contributed by atoms with Crippen LogP contribution in [0.5, 0.6) is 0 Å². The third-order valence-corrected chi connectivity index (χ3v) is 4.59. The van der Waals surface area contributed by atoms with Gasteiger partial charge in [-0.2, -0.15) is 4.98 Å². The molecule has 0 aliphatic carbocycles. The van der Waals surface area contributed by atoms with Crippen LogP contribution < -0.4 is 21.5 Å². The number of H-pyrrole nitrogens is 1. The van der Waals surface area contributed by atoms with Crippen molar-refractivity contribution in [3.63, 3.8) is 0 Å². The Morgan fingerprint density at radius 2 is 1.83 bits per heavy atom. The van der Waals surface area contributed by atoms with E-state index in [2.05, 4.69) is 25.9 Å². The molecule has 1 aliphatic rings. The number of anilines is 4. The largest absolute Gasteiger partial charge is 0.326 e. The van der Waals surface area contributed by atoms with Gasteiger partial charge >= 0.3 is 0 Å². The van der Waals surface area contributed by atoms with Gasteiger partial charge in [-0.25, -0.2) is 0 Å². The van der Waals surface area contributed by atoms with Crippen molar-refractivity contribution in [2.45, 2.75) is 19.3 Å². The minimum atomic E-state index is -0.929. The van der Waals surface area contributed by atoms with Crippen molar-refractivity contribution >= 4 is 35.0 Å². The zero-order valence-corrected chi connectivity index (χ0v) is 15.7. The van der Waals surface area contributed by atoms with E-state index in [9.17, 15) is 14.4 Å². The number of hydrogen-bond donors (Lipinski definition) is 4. The minimum absolute atomic E-state index is 0.0906. The number of benzene rings is 2. The van der Waals surface area contributed by atoms with E-state index in [1.54, 1.807) is 6.07 Å². The second-order valence-electron chi connectivity index (χ2n) is 6.83.